The zero-order valence-corrected chi connectivity index (χ0v) is 10.5. The molecule has 0 aliphatic rings. The van der Waals surface area contributed by atoms with Crippen LogP contribution in [0, 0.1) is 5.92 Å². The Labute approximate surface area is 99.9 Å². The second-order valence-corrected chi connectivity index (χ2v) is 4.54. The summed E-state index contributed by atoms with van der Waals surface area (Å²) in [6.07, 6.45) is -0.421. The molecule has 6 heteroatoms. The van der Waals surface area contributed by atoms with Gasteiger partial charge in [-0.1, -0.05) is 0 Å². The van der Waals surface area contributed by atoms with Crippen LogP contribution >= 0.6 is 0 Å². The molecule has 0 rings (SSSR count). The van der Waals surface area contributed by atoms with Crippen molar-refractivity contribution in [2.45, 2.75) is 39.2 Å². The molecule has 0 aliphatic carbocycles. The van der Waals surface area contributed by atoms with Gasteiger partial charge in [-0.15, -0.1) is 0 Å². The summed E-state index contributed by atoms with van der Waals surface area (Å²) in [6.45, 7) is 4.99. The lowest BCUT2D eigenvalue weighted by atomic mass is 10.0. The van der Waals surface area contributed by atoms with Gasteiger partial charge >= 0.3 is 17.9 Å². The largest absolute Gasteiger partial charge is 0.481 e. The Kier molecular flexibility index (Phi) is 5.64. The summed E-state index contributed by atoms with van der Waals surface area (Å²) < 4.78 is 9.47. The molecule has 0 aromatic rings. The molecule has 0 saturated carbocycles. The van der Waals surface area contributed by atoms with Crippen molar-refractivity contribution in [3.63, 3.8) is 0 Å². The lowest BCUT2D eigenvalue weighted by Crippen LogP contribution is -2.33. The molecule has 0 heterocycles. The summed E-state index contributed by atoms with van der Waals surface area (Å²) in [7, 11) is 1.14. The highest BCUT2D eigenvalue weighted by molar-refractivity contribution is 5.95. The van der Waals surface area contributed by atoms with Gasteiger partial charge in [-0.3, -0.25) is 14.4 Å². The number of hydrogen-bond donors (Lipinski definition) is 1. The minimum absolute atomic E-state index is 0.128. The summed E-state index contributed by atoms with van der Waals surface area (Å²) in [6, 6.07) is 0. The van der Waals surface area contributed by atoms with Crippen LogP contribution in [-0.4, -0.2) is 35.7 Å². The van der Waals surface area contributed by atoms with Crippen LogP contribution in [0.15, 0.2) is 0 Å². The molecule has 6 nitrogen and oxygen atoms in total. The fourth-order valence-corrected chi connectivity index (χ4v) is 1.11. The summed E-state index contributed by atoms with van der Waals surface area (Å²) in [5.74, 6) is -3.80. The van der Waals surface area contributed by atoms with Crippen molar-refractivity contribution in [1.29, 1.82) is 0 Å². The average molecular weight is 246 g/mol. The van der Waals surface area contributed by atoms with Crippen LogP contribution < -0.4 is 0 Å². The summed E-state index contributed by atoms with van der Waals surface area (Å²) >= 11 is 0. The normalized spacial score (nSPS) is 12.7. The molecule has 17 heavy (non-hydrogen) atoms. The smallest absolute Gasteiger partial charge is 0.320 e. The Bertz CT molecular complexity index is 302. The van der Waals surface area contributed by atoms with Crippen LogP contribution in [0.5, 0.6) is 0 Å². The van der Waals surface area contributed by atoms with Crippen LogP contribution in [0.25, 0.3) is 0 Å². The van der Waals surface area contributed by atoms with Gasteiger partial charge in [0.1, 0.15) is 5.60 Å². The van der Waals surface area contributed by atoms with E-state index >= 15 is 0 Å². The SMILES string of the molecule is COC(=O)C(CCC(=O)O)C(=O)OC(C)(C)C. The Morgan fingerprint density at radius 2 is 1.71 bits per heavy atom. The first kappa shape index (κ1) is 15.4. The van der Waals surface area contributed by atoms with Crippen molar-refractivity contribution in [1.82, 2.24) is 0 Å². The van der Waals surface area contributed by atoms with Gasteiger partial charge in [-0.25, -0.2) is 0 Å². The second-order valence-electron chi connectivity index (χ2n) is 4.54. The predicted octanol–water partition coefficient (Wildman–Crippen LogP) is 0.982. The zero-order chi connectivity index (χ0) is 13.6. The van der Waals surface area contributed by atoms with Crippen molar-refractivity contribution in [3.05, 3.63) is 0 Å². The zero-order valence-electron chi connectivity index (χ0n) is 10.5. The van der Waals surface area contributed by atoms with Crippen LogP contribution in [0.2, 0.25) is 0 Å². The number of esters is 2. The first-order valence-electron chi connectivity index (χ1n) is 5.20. The van der Waals surface area contributed by atoms with Crippen LogP contribution in [0.1, 0.15) is 33.6 Å². The molecule has 0 saturated heterocycles. The molecule has 0 amide bonds. The Morgan fingerprint density at radius 1 is 1.18 bits per heavy atom. The molecular formula is C11H18O6. The van der Waals surface area contributed by atoms with Crippen molar-refractivity contribution in [3.8, 4) is 0 Å². The maximum atomic E-state index is 11.7. The molecule has 0 bridgehead atoms. The molecule has 0 radical (unpaired) electrons. The number of aliphatic carboxylic acids is 1. The van der Waals surface area contributed by atoms with Gasteiger partial charge in [0.05, 0.1) is 7.11 Å². The Balaban J connectivity index is 4.62. The van der Waals surface area contributed by atoms with E-state index in [1.54, 1.807) is 20.8 Å². The molecule has 1 atom stereocenters. The average Bonchev–Trinajstić information content (AvgIpc) is 2.14. The first-order valence-corrected chi connectivity index (χ1v) is 5.20. The van der Waals surface area contributed by atoms with Gasteiger partial charge in [-0.2, -0.15) is 0 Å². The van der Waals surface area contributed by atoms with Crippen molar-refractivity contribution < 1.29 is 29.0 Å². The van der Waals surface area contributed by atoms with E-state index in [9.17, 15) is 14.4 Å². The van der Waals surface area contributed by atoms with Gasteiger partial charge in [-0.05, 0) is 27.2 Å². The van der Waals surface area contributed by atoms with Gasteiger partial charge in [0.2, 0.25) is 0 Å². The lowest BCUT2D eigenvalue weighted by molar-refractivity contribution is -0.168. The second kappa shape index (κ2) is 6.22. The Morgan fingerprint density at radius 3 is 2.06 bits per heavy atom. The molecule has 1 unspecified atom stereocenters. The number of carboxylic acids is 1. The molecule has 0 spiro atoms. The van der Waals surface area contributed by atoms with Crippen LogP contribution in [0.3, 0.4) is 0 Å². The molecule has 0 aromatic heterocycles. The highest BCUT2D eigenvalue weighted by Crippen LogP contribution is 2.16. The molecule has 1 N–H and O–H groups in total. The minimum atomic E-state index is -1.18. The number of rotatable bonds is 5. The Hall–Kier alpha value is -1.59. The number of carbonyl (C=O) groups is 3. The van der Waals surface area contributed by atoms with Gasteiger partial charge in [0.25, 0.3) is 0 Å². The summed E-state index contributed by atoms with van der Waals surface area (Å²) in [5.41, 5.74) is -0.730. The van der Waals surface area contributed by atoms with Crippen LogP contribution in [0.4, 0.5) is 0 Å². The minimum Gasteiger partial charge on any atom is -0.481 e. The first-order chi connectivity index (χ1) is 7.67. The fraction of sp³-hybridized carbons (Fsp3) is 0.727. The maximum absolute atomic E-state index is 11.7. The third-order valence-electron chi connectivity index (χ3n) is 1.82. The molecule has 98 valence electrons. The number of methoxy groups -OCH3 is 1. The molecule has 0 aliphatic heterocycles. The summed E-state index contributed by atoms with van der Waals surface area (Å²) in [5, 5.41) is 8.53. The molecule has 0 aromatic carbocycles. The predicted molar refractivity (Wildman–Crippen MR) is 58.2 cm³/mol. The standard InChI is InChI=1S/C11H18O6/c1-11(2,3)17-10(15)7(9(14)16-4)5-6-8(12)13/h7H,5-6H2,1-4H3,(H,12,13). The molecule has 0 fully saturated rings. The fourth-order valence-electron chi connectivity index (χ4n) is 1.11. The van der Waals surface area contributed by atoms with Gasteiger partial charge in [0.15, 0.2) is 5.92 Å². The highest BCUT2D eigenvalue weighted by Gasteiger charge is 2.32. The van der Waals surface area contributed by atoms with E-state index in [0.717, 1.165) is 7.11 Å². The highest BCUT2D eigenvalue weighted by atomic mass is 16.6. The quantitative estimate of drug-likeness (QED) is 0.574. The number of ether oxygens (including phenoxy) is 2. The van der Waals surface area contributed by atoms with Crippen molar-refractivity contribution in [2.24, 2.45) is 5.92 Å². The van der Waals surface area contributed by atoms with Crippen molar-refractivity contribution >= 4 is 17.9 Å². The van der Waals surface area contributed by atoms with E-state index in [1.807, 2.05) is 0 Å². The molecular weight excluding hydrogens is 228 g/mol. The third kappa shape index (κ3) is 6.55. The van der Waals surface area contributed by atoms with Crippen LogP contribution in [-0.2, 0) is 23.9 Å². The summed E-state index contributed by atoms with van der Waals surface area (Å²) in [4.78, 5) is 33.4. The number of carbonyl (C=O) groups excluding carboxylic acids is 2. The van der Waals surface area contributed by atoms with E-state index in [0.29, 0.717) is 0 Å². The van der Waals surface area contributed by atoms with E-state index in [4.69, 9.17) is 9.84 Å². The lowest BCUT2D eigenvalue weighted by Gasteiger charge is -2.22. The number of hydrogen-bond acceptors (Lipinski definition) is 5. The van der Waals surface area contributed by atoms with E-state index in [-0.39, 0.29) is 12.8 Å². The van der Waals surface area contributed by atoms with Crippen molar-refractivity contribution in [2.75, 3.05) is 7.11 Å². The van der Waals surface area contributed by atoms with Gasteiger partial charge < -0.3 is 14.6 Å². The number of carboxylic acid groups (broad SMARTS) is 1. The maximum Gasteiger partial charge on any atom is 0.320 e. The van der Waals surface area contributed by atoms with E-state index in [2.05, 4.69) is 4.74 Å². The topological polar surface area (TPSA) is 89.9 Å². The monoisotopic (exact) mass is 246 g/mol. The third-order valence-corrected chi connectivity index (χ3v) is 1.82. The van der Waals surface area contributed by atoms with E-state index in [1.165, 1.54) is 0 Å². The van der Waals surface area contributed by atoms with Gasteiger partial charge in [0, 0.05) is 6.42 Å². The van der Waals surface area contributed by atoms with E-state index < -0.39 is 29.4 Å².